The number of aromatic nitrogens is 1. The first-order valence-corrected chi connectivity index (χ1v) is 8.18. The van der Waals surface area contributed by atoms with Crippen LogP contribution in [0.25, 0.3) is 0 Å². The zero-order chi connectivity index (χ0) is 15.7. The summed E-state index contributed by atoms with van der Waals surface area (Å²) >= 11 is 0. The molecule has 0 fully saturated rings. The standard InChI is InChI=1S/C19H24N2O/c1-3-13-8-10-14(11-9-13)18(20)16-12-15-6-4-5-7-17(15)21(2)19(16)22/h8-12,18H,3-7,20H2,1-2H3. The lowest BCUT2D eigenvalue weighted by molar-refractivity contribution is 0.615. The molecule has 2 aromatic rings. The van der Waals surface area contributed by atoms with Crippen LogP contribution >= 0.6 is 0 Å². The van der Waals surface area contributed by atoms with Gasteiger partial charge in [0.05, 0.1) is 6.04 Å². The molecule has 1 atom stereocenters. The lowest BCUT2D eigenvalue weighted by Gasteiger charge is -2.22. The maximum absolute atomic E-state index is 12.7. The molecule has 0 aliphatic heterocycles. The molecule has 22 heavy (non-hydrogen) atoms. The molecule has 1 aromatic carbocycles. The number of rotatable bonds is 3. The zero-order valence-corrected chi connectivity index (χ0v) is 13.4. The van der Waals surface area contributed by atoms with Gasteiger partial charge in [-0.3, -0.25) is 4.79 Å². The normalized spacial score (nSPS) is 15.4. The first-order chi connectivity index (χ1) is 10.6. The van der Waals surface area contributed by atoms with E-state index in [1.807, 2.05) is 23.7 Å². The number of aryl methyl sites for hydroxylation is 2. The van der Waals surface area contributed by atoms with Crippen molar-refractivity contribution >= 4 is 0 Å². The second kappa shape index (κ2) is 6.09. The van der Waals surface area contributed by atoms with Crippen LogP contribution in [0.1, 0.15) is 53.8 Å². The second-order valence-electron chi connectivity index (χ2n) is 6.22. The van der Waals surface area contributed by atoms with Gasteiger partial charge in [-0.1, -0.05) is 31.2 Å². The van der Waals surface area contributed by atoms with Crippen molar-refractivity contribution in [2.45, 2.75) is 45.1 Å². The van der Waals surface area contributed by atoms with Crippen molar-refractivity contribution in [2.75, 3.05) is 0 Å². The second-order valence-corrected chi connectivity index (χ2v) is 6.22. The van der Waals surface area contributed by atoms with Crippen LogP contribution in [0.3, 0.4) is 0 Å². The Hall–Kier alpha value is -1.87. The molecule has 0 saturated heterocycles. The van der Waals surface area contributed by atoms with Crippen molar-refractivity contribution in [3.8, 4) is 0 Å². The van der Waals surface area contributed by atoms with Crippen LogP contribution in [0.5, 0.6) is 0 Å². The molecule has 3 nitrogen and oxygen atoms in total. The highest BCUT2D eigenvalue weighted by atomic mass is 16.1. The Morgan fingerprint density at radius 2 is 1.86 bits per heavy atom. The Labute approximate surface area is 131 Å². The highest BCUT2D eigenvalue weighted by molar-refractivity contribution is 5.36. The van der Waals surface area contributed by atoms with Gasteiger partial charge in [0.15, 0.2) is 0 Å². The third-order valence-electron chi connectivity index (χ3n) is 4.85. The Morgan fingerprint density at radius 3 is 2.55 bits per heavy atom. The number of hydrogen-bond donors (Lipinski definition) is 1. The van der Waals surface area contributed by atoms with Gasteiger partial charge < -0.3 is 10.3 Å². The minimum Gasteiger partial charge on any atom is -0.320 e. The summed E-state index contributed by atoms with van der Waals surface area (Å²) in [5.74, 6) is 0. The molecule has 1 unspecified atom stereocenters. The van der Waals surface area contributed by atoms with Gasteiger partial charge in [-0.15, -0.1) is 0 Å². The van der Waals surface area contributed by atoms with E-state index < -0.39 is 0 Å². The van der Waals surface area contributed by atoms with Crippen LogP contribution in [0.15, 0.2) is 35.1 Å². The summed E-state index contributed by atoms with van der Waals surface area (Å²) in [6.45, 7) is 2.13. The highest BCUT2D eigenvalue weighted by Crippen LogP contribution is 2.24. The third-order valence-corrected chi connectivity index (χ3v) is 4.85. The van der Waals surface area contributed by atoms with Crippen LogP contribution in [-0.4, -0.2) is 4.57 Å². The summed E-state index contributed by atoms with van der Waals surface area (Å²) < 4.78 is 1.81. The van der Waals surface area contributed by atoms with E-state index in [-0.39, 0.29) is 11.6 Å². The van der Waals surface area contributed by atoms with Crippen LogP contribution in [0, 0.1) is 0 Å². The van der Waals surface area contributed by atoms with Gasteiger partial charge in [0.2, 0.25) is 0 Å². The predicted molar refractivity (Wildman–Crippen MR) is 90.2 cm³/mol. The van der Waals surface area contributed by atoms with E-state index in [1.165, 1.54) is 29.7 Å². The zero-order valence-electron chi connectivity index (χ0n) is 13.4. The van der Waals surface area contributed by atoms with Crippen LogP contribution < -0.4 is 11.3 Å². The van der Waals surface area contributed by atoms with Crippen LogP contribution in [0.2, 0.25) is 0 Å². The summed E-state index contributed by atoms with van der Waals surface area (Å²) in [5, 5.41) is 0. The number of nitrogens with two attached hydrogens (primary N) is 1. The molecule has 2 N–H and O–H groups in total. The molecule has 0 bridgehead atoms. The van der Waals surface area contributed by atoms with E-state index in [0.29, 0.717) is 5.56 Å². The Morgan fingerprint density at radius 1 is 1.18 bits per heavy atom. The van der Waals surface area contributed by atoms with Gasteiger partial charge in [-0.2, -0.15) is 0 Å². The average molecular weight is 296 g/mol. The largest absolute Gasteiger partial charge is 0.320 e. The van der Waals surface area contributed by atoms with E-state index in [1.54, 1.807) is 0 Å². The van der Waals surface area contributed by atoms with Gasteiger partial charge in [0.1, 0.15) is 0 Å². The van der Waals surface area contributed by atoms with Crippen molar-refractivity contribution in [3.05, 3.63) is 68.6 Å². The molecule has 1 aliphatic carbocycles. The predicted octanol–water partition coefficient (Wildman–Crippen LogP) is 2.87. The lowest BCUT2D eigenvalue weighted by Crippen LogP contribution is -2.31. The topological polar surface area (TPSA) is 48.0 Å². The molecule has 1 heterocycles. The van der Waals surface area contributed by atoms with Gasteiger partial charge in [-0.25, -0.2) is 0 Å². The lowest BCUT2D eigenvalue weighted by atomic mass is 9.91. The maximum Gasteiger partial charge on any atom is 0.255 e. The van der Waals surface area contributed by atoms with Gasteiger partial charge in [-0.05, 0) is 54.9 Å². The number of pyridine rings is 1. The van der Waals surface area contributed by atoms with E-state index in [2.05, 4.69) is 25.1 Å². The fourth-order valence-corrected chi connectivity index (χ4v) is 3.38. The number of nitrogens with zero attached hydrogens (tertiary/aromatic N) is 1. The summed E-state index contributed by atoms with van der Waals surface area (Å²) in [5.41, 5.74) is 11.9. The molecule has 3 rings (SSSR count). The molecule has 116 valence electrons. The maximum atomic E-state index is 12.7. The van der Waals surface area contributed by atoms with Gasteiger partial charge in [0.25, 0.3) is 5.56 Å². The van der Waals surface area contributed by atoms with Crippen LogP contribution in [0.4, 0.5) is 0 Å². The molecule has 0 saturated carbocycles. The van der Waals surface area contributed by atoms with E-state index >= 15 is 0 Å². The first kappa shape index (κ1) is 15.0. The van der Waals surface area contributed by atoms with Crippen LogP contribution in [-0.2, 0) is 26.3 Å². The molecule has 1 aromatic heterocycles. The summed E-state index contributed by atoms with van der Waals surface area (Å²) in [6.07, 6.45) is 5.44. The van der Waals surface area contributed by atoms with E-state index in [4.69, 9.17) is 5.73 Å². The highest BCUT2D eigenvalue weighted by Gasteiger charge is 2.20. The molecule has 0 radical (unpaired) electrons. The molecule has 0 amide bonds. The minimum absolute atomic E-state index is 0.0488. The quantitative estimate of drug-likeness (QED) is 0.946. The monoisotopic (exact) mass is 296 g/mol. The van der Waals surface area contributed by atoms with E-state index in [9.17, 15) is 4.79 Å². The summed E-state index contributed by atoms with van der Waals surface area (Å²) in [6, 6.07) is 9.98. The van der Waals surface area contributed by atoms with Crippen molar-refractivity contribution in [1.82, 2.24) is 4.57 Å². The fraction of sp³-hybridized carbons (Fsp3) is 0.421. The molecule has 1 aliphatic rings. The summed E-state index contributed by atoms with van der Waals surface area (Å²) in [4.78, 5) is 12.7. The van der Waals surface area contributed by atoms with Crippen molar-refractivity contribution in [3.63, 3.8) is 0 Å². The summed E-state index contributed by atoms with van der Waals surface area (Å²) in [7, 11) is 1.88. The smallest absolute Gasteiger partial charge is 0.255 e. The molecular weight excluding hydrogens is 272 g/mol. The van der Waals surface area contributed by atoms with Gasteiger partial charge in [0, 0.05) is 18.3 Å². The molecular formula is C19H24N2O. The minimum atomic E-state index is -0.350. The van der Waals surface area contributed by atoms with E-state index in [0.717, 1.165) is 24.8 Å². The average Bonchev–Trinajstić information content (AvgIpc) is 2.57. The Kier molecular flexibility index (Phi) is 4.16. The molecule has 0 spiro atoms. The third kappa shape index (κ3) is 2.61. The Balaban J connectivity index is 2.03. The van der Waals surface area contributed by atoms with Crippen molar-refractivity contribution in [1.29, 1.82) is 0 Å². The SMILES string of the molecule is CCc1ccc(C(N)c2cc3c(n(C)c2=O)CCCC3)cc1. The fourth-order valence-electron chi connectivity index (χ4n) is 3.38. The van der Waals surface area contributed by atoms with Gasteiger partial charge >= 0.3 is 0 Å². The number of hydrogen-bond acceptors (Lipinski definition) is 2. The first-order valence-electron chi connectivity index (χ1n) is 8.18. The number of benzene rings is 1. The Bertz CT molecular complexity index is 728. The van der Waals surface area contributed by atoms with Crippen molar-refractivity contribution < 1.29 is 0 Å². The van der Waals surface area contributed by atoms with Crippen molar-refractivity contribution in [2.24, 2.45) is 12.8 Å². The molecule has 3 heteroatoms. The number of fused-ring (bicyclic) bond motifs is 1.